The molecule has 6 heterocycles. The Bertz CT molecular complexity index is 3210. The first-order valence-electron chi connectivity index (χ1n) is 21.9. The number of para-hydroxylation sites is 1. The van der Waals surface area contributed by atoms with Gasteiger partial charge in [0.15, 0.2) is 5.82 Å². The molecule has 0 saturated carbocycles. The molecule has 2 amide bonds. The number of ether oxygens (including phenoxy) is 2. The van der Waals surface area contributed by atoms with Crippen LogP contribution in [0, 0.1) is 20.8 Å². The smallest absolute Gasteiger partial charge is 0.251 e. The Labute approximate surface area is 394 Å². The molecule has 2 atom stereocenters. The maximum absolute atomic E-state index is 13.4. The molecule has 10 rings (SSSR count). The molecule has 0 fully saturated rings. The van der Waals surface area contributed by atoms with E-state index in [1.807, 2.05) is 90.4 Å². The van der Waals surface area contributed by atoms with E-state index in [2.05, 4.69) is 54.9 Å². The maximum Gasteiger partial charge on any atom is 0.251 e. The van der Waals surface area contributed by atoms with E-state index in [4.69, 9.17) is 31.1 Å². The van der Waals surface area contributed by atoms with E-state index in [1.165, 1.54) is 4.88 Å². The summed E-state index contributed by atoms with van der Waals surface area (Å²) in [6.45, 7) is 7.90. The summed E-state index contributed by atoms with van der Waals surface area (Å²) in [7, 11) is 0. The minimum absolute atomic E-state index is 0.0792. The summed E-state index contributed by atoms with van der Waals surface area (Å²) >= 11 is 7.91. The lowest BCUT2D eigenvalue weighted by Gasteiger charge is -2.13. The molecule has 340 valence electrons. The van der Waals surface area contributed by atoms with Gasteiger partial charge in [0.05, 0.1) is 66.5 Å². The Morgan fingerprint density at radius 3 is 2.43 bits per heavy atom. The maximum atomic E-state index is 13.4. The summed E-state index contributed by atoms with van der Waals surface area (Å²) < 4.78 is 15.5. The molecule has 2 aliphatic rings. The number of hydrogen-bond acceptors (Lipinski definition) is 13. The van der Waals surface area contributed by atoms with Gasteiger partial charge < -0.3 is 35.8 Å². The minimum Gasteiger partial charge on any atom is -0.377 e. The SMILES string of the molecule is Cc1sc2c(c1C)C(c1ccc(Cl)cc1)=N[C@@H](CC(=O)NCCOCCOCCNC(=O)c1ccc3c(c1)nc(-c1ccnc4ccccc14)n3-c1ccc3c(c1)NC(O)N3)c1nnc(C)n1-2. The third-order valence-corrected chi connectivity index (χ3v) is 13.3. The number of amides is 2. The van der Waals surface area contributed by atoms with Gasteiger partial charge in [-0.15, -0.1) is 21.5 Å². The zero-order valence-corrected chi connectivity index (χ0v) is 38.4. The van der Waals surface area contributed by atoms with Gasteiger partial charge in [0.1, 0.15) is 22.7 Å². The number of hydrogen-bond donors (Lipinski definition) is 5. The van der Waals surface area contributed by atoms with Crippen molar-refractivity contribution in [3.63, 3.8) is 0 Å². The molecule has 0 saturated heterocycles. The Hall–Kier alpha value is -7.02. The molecule has 0 radical (unpaired) electrons. The largest absolute Gasteiger partial charge is 0.377 e. The van der Waals surface area contributed by atoms with E-state index < -0.39 is 12.4 Å². The first-order chi connectivity index (χ1) is 32.6. The quantitative estimate of drug-likeness (QED) is 0.0642. The number of pyridine rings is 1. The van der Waals surface area contributed by atoms with Crippen LogP contribution >= 0.6 is 22.9 Å². The number of aliphatic imine (C=N–C) groups is 1. The number of carbonyl (C=O) groups excluding carboxylic acids is 2. The van der Waals surface area contributed by atoms with Crippen molar-refractivity contribution in [1.82, 2.24) is 39.9 Å². The molecule has 4 aromatic heterocycles. The molecule has 0 aliphatic carbocycles. The third-order valence-electron chi connectivity index (χ3n) is 11.9. The number of nitrogens with zero attached hydrogens (tertiary/aromatic N) is 7. The molecule has 5 N–H and O–H groups in total. The number of carbonyl (C=O) groups is 2. The predicted octanol–water partition coefficient (Wildman–Crippen LogP) is 7.44. The van der Waals surface area contributed by atoms with Gasteiger partial charge in [0, 0.05) is 62.5 Å². The predicted molar refractivity (Wildman–Crippen MR) is 260 cm³/mol. The second kappa shape index (κ2) is 18.7. The number of rotatable bonds is 15. The van der Waals surface area contributed by atoms with Crippen LogP contribution in [0.3, 0.4) is 0 Å². The molecule has 4 aromatic carbocycles. The number of anilines is 2. The van der Waals surface area contributed by atoms with Crippen molar-refractivity contribution in [1.29, 1.82) is 0 Å². The number of benzene rings is 4. The molecule has 16 nitrogen and oxygen atoms in total. The molecule has 0 spiro atoms. The molecule has 2 aliphatic heterocycles. The second-order valence-electron chi connectivity index (χ2n) is 16.2. The van der Waals surface area contributed by atoms with Crippen molar-refractivity contribution < 1.29 is 24.2 Å². The van der Waals surface area contributed by atoms with Gasteiger partial charge in [-0.3, -0.25) is 28.7 Å². The monoisotopic (exact) mass is 935 g/mol. The van der Waals surface area contributed by atoms with Crippen LogP contribution in [0.15, 0.2) is 102 Å². The number of aryl methyl sites for hydroxylation is 2. The molecule has 67 heavy (non-hydrogen) atoms. The fourth-order valence-corrected chi connectivity index (χ4v) is 9.85. The number of fused-ring (bicyclic) bond motifs is 6. The summed E-state index contributed by atoms with van der Waals surface area (Å²) in [6, 6.07) is 28.2. The van der Waals surface area contributed by atoms with Gasteiger partial charge in [0.25, 0.3) is 5.91 Å². The average Bonchev–Trinajstić information content (AvgIpc) is 4.07. The van der Waals surface area contributed by atoms with E-state index in [1.54, 1.807) is 29.7 Å². The van der Waals surface area contributed by atoms with Gasteiger partial charge in [-0.2, -0.15) is 0 Å². The topological polar surface area (TPSA) is 195 Å². The Kier molecular flexibility index (Phi) is 12.2. The van der Waals surface area contributed by atoms with E-state index in [9.17, 15) is 14.7 Å². The second-order valence-corrected chi connectivity index (χ2v) is 17.9. The number of aromatic nitrogens is 6. The summed E-state index contributed by atoms with van der Waals surface area (Å²) in [5.74, 6) is 1.60. The van der Waals surface area contributed by atoms with Crippen LogP contribution in [-0.2, 0) is 14.3 Å². The Morgan fingerprint density at radius 2 is 1.61 bits per heavy atom. The first kappa shape index (κ1) is 43.9. The van der Waals surface area contributed by atoms with Gasteiger partial charge >= 0.3 is 0 Å². The number of aliphatic hydroxyl groups excluding tert-OH is 1. The van der Waals surface area contributed by atoms with Crippen LogP contribution in [0.5, 0.6) is 0 Å². The lowest BCUT2D eigenvalue weighted by atomic mass is 9.99. The zero-order chi connectivity index (χ0) is 46.2. The number of nitrogens with one attached hydrogen (secondary N) is 4. The molecular weight excluding hydrogens is 890 g/mol. The normalized spacial score (nSPS) is 15.0. The minimum atomic E-state index is -0.878. The van der Waals surface area contributed by atoms with E-state index in [0.29, 0.717) is 60.7 Å². The molecular formula is C49H46ClN11O5S. The molecule has 1 unspecified atom stereocenters. The lowest BCUT2D eigenvalue weighted by Crippen LogP contribution is -2.29. The van der Waals surface area contributed by atoms with Crippen LogP contribution in [-0.4, -0.2) is 97.8 Å². The number of thiophene rings is 1. The van der Waals surface area contributed by atoms with Crippen LogP contribution in [0.2, 0.25) is 5.02 Å². The summed E-state index contributed by atoms with van der Waals surface area (Å²) in [5.41, 5.74) is 9.86. The first-order valence-corrected chi connectivity index (χ1v) is 23.1. The standard InChI is InChI=1S/C49H46ClN11O5S/c1-27-28(2)67-48-43(27)44(30-8-11-32(50)12-9-30)54-40(46-59-58-29(3)60(46)48)26-42(62)52-18-20-65-22-23-66-21-19-53-47(63)31-10-15-41-39(24-31)55-45(35-16-17-51-36-7-5-4-6-34(35)36)61(41)33-13-14-37-38(25-33)57-49(64)56-37/h4-17,24-25,40,49,56-57,64H,18-23,26H2,1-3H3,(H,52,62)(H,53,63)/t40-,49?/m0/s1. The average molecular weight is 936 g/mol. The summed E-state index contributed by atoms with van der Waals surface area (Å²) in [5, 5.41) is 33.5. The van der Waals surface area contributed by atoms with Crippen molar-refractivity contribution in [2.45, 2.75) is 39.6 Å². The highest BCUT2D eigenvalue weighted by atomic mass is 35.5. The number of aliphatic hydroxyl groups is 1. The molecule has 0 bridgehead atoms. The van der Waals surface area contributed by atoms with Crippen molar-refractivity contribution in [3.8, 4) is 22.1 Å². The summed E-state index contributed by atoms with van der Waals surface area (Å²) in [4.78, 5) is 42.6. The number of imidazole rings is 1. The van der Waals surface area contributed by atoms with Crippen LogP contribution in [0.1, 0.15) is 56.0 Å². The number of halogens is 1. The van der Waals surface area contributed by atoms with Gasteiger partial charge in [-0.25, -0.2) is 4.98 Å². The zero-order valence-electron chi connectivity index (χ0n) is 36.8. The van der Waals surface area contributed by atoms with E-state index in [0.717, 1.165) is 72.3 Å². The third kappa shape index (κ3) is 8.74. The Balaban J connectivity index is 0.716. The van der Waals surface area contributed by atoms with Crippen LogP contribution in [0.25, 0.3) is 44.0 Å². The van der Waals surface area contributed by atoms with Gasteiger partial charge in [0.2, 0.25) is 12.3 Å². The summed E-state index contributed by atoms with van der Waals surface area (Å²) in [6.07, 6.45) is 0.970. The van der Waals surface area contributed by atoms with Crippen molar-refractivity contribution in [2.24, 2.45) is 4.99 Å². The fourth-order valence-electron chi connectivity index (χ4n) is 8.51. The molecule has 18 heteroatoms. The fraction of sp³-hybridized carbons (Fsp3) is 0.245. The van der Waals surface area contributed by atoms with E-state index in [-0.39, 0.29) is 24.8 Å². The van der Waals surface area contributed by atoms with Crippen LogP contribution < -0.4 is 21.3 Å². The van der Waals surface area contributed by atoms with Crippen LogP contribution in [0.4, 0.5) is 11.4 Å². The molecule has 8 aromatic rings. The van der Waals surface area contributed by atoms with E-state index >= 15 is 0 Å². The Morgan fingerprint density at radius 1 is 0.836 bits per heavy atom. The van der Waals surface area contributed by atoms with Crippen molar-refractivity contribution in [2.75, 3.05) is 50.2 Å². The lowest BCUT2D eigenvalue weighted by molar-refractivity contribution is -0.121. The van der Waals surface area contributed by atoms with Crippen molar-refractivity contribution in [3.05, 3.63) is 141 Å². The van der Waals surface area contributed by atoms with Crippen molar-refractivity contribution >= 4 is 73.8 Å². The highest BCUT2D eigenvalue weighted by Gasteiger charge is 2.32. The van der Waals surface area contributed by atoms with Gasteiger partial charge in [-0.05, 0) is 87.0 Å². The highest BCUT2D eigenvalue weighted by Crippen LogP contribution is 2.40. The van der Waals surface area contributed by atoms with Gasteiger partial charge in [-0.1, -0.05) is 41.9 Å². The highest BCUT2D eigenvalue weighted by molar-refractivity contribution is 7.15.